The third kappa shape index (κ3) is 3.91. The molecule has 0 spiro atoms. The van der Waals surface area contributed by atoms with Crippen LogP contribution in [0.5, 0.6) is 0 Å². The minimum atomic E-state index is -0.442. The predicted octanol–water partition coefficient (Wildman–Crippen LogP) is 3.09. The first-order valence-electron chi connectivity index (χ1n) is 6.34. The van der Waals surface area contributed by atoms with Gasteiger partial charge in [-0.15, -0.1) is 12.4 Å². The Bertz CT molecular complexity index is 434. The van der Waals surface area contributed by atoms with Crippen molar-refractivity contribution >= 4 is 24.0 Å². The maximum atomic E-state index is 12.8. The van der Waals surface area contributed by atoms with Crippen LogP contribution in [0.3, 0.4) is 0 Å². The summed E-state index contributed by atoms with van der Waals surface area (Å²) in [4.78, 5) is 12.2. The van der Waals surface area contributed by atoms with E-state index in [0.717, 1.165) is 25.7 Å². The van der Waals surface area contributed by atoms with Crippen molar-refractivity contribution in [2.45, 2.75) is 38.1 Å². The van der Waals surface area contributed by atoms with Gasteiger partial charge in [0.1, 0.15) is 5.82 Å². The van der Waals surface area contributed by atoms with E-state index in [1.807, 2.05) is 6.92 Å². The Morgan fingerprint density at radius 2 is 2.00 bits per heavy atom. The van der Waals surface area contributed by atoms with Crippen LogP contribution in [0.4, 0.5) is 10.1 Å². The van der Waals surface area contributed by atoms with Gasteiger partial charge in [0.2, 0.25) is 5.91 Å². The van der Waals surface area contributed by atoms with Gasteiger partial charge in [0, 0.05) is 11.2 Å². The number of halogens is 2. The second-order valence-corrected chi connectivity index (χ2v) is 5.30. The van der Waals surface area contributed by atoms with Gasteiger partial charge in [-0.3, -0.25) is 4.79 Å². The molecular formula is C14H20ClFN2O. The Labute approximate surface area is 119 Å². The van der Waals surface area contributed by atoms with E-state index in [1.54, 1.807) is 12.1 Å². The molecule has 3 nitrogen and oxygen atoms in total. The molecule has 1 aromatic carbocycles. The molecule has 19 heavy (non-hydrogen) atoms. The molecule has 0 heterocycles. The zero-order valence-corrected chi connectivity index (χ0v) is 11.8. The number of nitrogens with one attached hydrogen (secondary N) is 1. The molecule has 1 aliphatic carbocycles. The molecule has 0 bridgehead atoms. The molecule has 3 N–H and O–H groups in total. The lowest BCUT2D eigenvalue weighted by atomic mass is 9.74. The molecule has 2 atom stereocenters. The Hall–Kier alpha value is -1.13. The molecule has 106 valence electrons. The Kier molecular flexibility index (Phi) is 5.32. The topological polar surface area (TPSA) is 55.1 Å². The highest BCUT2D eigenvalue weighted by Crippen LogP contribution is 2.32. The van der Waals surface area contributed by atoms with Gasteiger partial charge < -0.3 is 11.1 Å². The molecule has 1 aliphatic rings. The highest BCUT2D eigenvalue weighted by Gasteiger charge is 2.37. The molecule has 0 aliphatic heterocycles. The largest absolute Gasteiger partial charge is 0.326 e. The number of carbonyl (C=O) groups is 1. The molecule has 1 fully saturated rings. The summed E-state index contributed by atoms with van der Waals surface area (Å²) in [6.45, 7) is 1.93. The first-order valence-corrected chi connectivity index (χ1v) is 6.34. The summed E-state index contributed by atoms with van der Waals surface area (Å²) in [6, 6.07) is 5.78. The third-order valence-electron chi connectivity index (χ3n) is 3.68. The van der Waals surface area contributed by atoms with E-state index in [-0.39, 0.29) is 30.0 Å². The number of nitrogens with two attached hydrogens (primary N) is 1. The van der Waals surface area contributed by atoms with Gasteiger partial charge in [-0.05, 0) is 44.0 Å². The number of benzene rings is 1. The number of hydrogen-bond donors (Lipinski definition) is 2. The Morgan fingerprint density at radius 1 is 1.37 bits per heavy atom. The molecule has 0 saturated heterocycles. The number of hydrogen-bond acceptors (Lipinski definition) is 2. The second-order valence-electron chi connectivity index (χ2n) is 5.30. The van der Waals surface area contributed by atoms with Crippen molar-refractivity contribution < 1.29 is 9.18 Å². The van der Waals surface area contributed by atoms with Crippen LogP contribution in [0, 0.1) is 11.7 Å². The van der Waals surface area contributed by atoms with Crippen LogP contribution in [0.15, 0.2) is 24.3 Å². The van der Waals surface area contributed by atoms with Gasteiger partial charge in [-0.1, -0.05) is 12.8 Å². The first kappa shape index (κ1) is 15.9. The molecule has 1 amide bonds. The molecule has 1 aromatic rings. The normalized spacial score (nSPS) is 26.4. The van der Waals surface area contributed by atoms with E-state index in [2.05, 4.69) is 5.32 Å². The van der Waals surface area contributed by atoms with Gasteiger partial charge >= 0.3 is 0 Å². The van der Waals surface area contributed by atoms with E-state index in [0.29, 0.717) is 5.69 Å². The molecule has 5 heteroatoms. The van der Waals surface area contributed by atoms with Crippen molar-refractivity contribution in [1.29, 1.82) is 0 Å². The van der Waals surface area contributed by atoms with Gasteiger partial charge in [0.05, 0.1) is 5.92 Å². The van der Waals surface area contributed by atoms with Crippen LogP contribution in [-0.4, -0.2) is 11.4 Å². The van der Waals surface area contributed by atoms with E-state index in [1.165, 1.54) is 12.1 Å². The fourth-order valence-electron chi connectivity index (χ4n) is 2.55. The lowest BCUT2D eigenvalue weighted by Crippen LogP contribution is -2.51. The Morgan fingerprint density at radius 3 is 2.58 bits per heavy atom. The van der Waals surface area contributed by atoms with Crippen molar-refractivity contribution in [3.8, 4) is 0 Å². The molecule has 2 unspecified atom stereocenters. The average Bonchev–Trinajstić information content (AvgIpc) is 2.31. The SMILES string of the molecule is CC1(N)CCCCC1C(=O)Nc1ccc(F)cc1.Cl. The van der Waals surface area contributed by atoms with E-state index in [4.69, 9.17) is 5.73 Å². The van der Waals surface area contributed by atoms with E-state index >= 15 is 0 Å². The van der Waals surface area contributed by atoms with Crippen LogP contribution in [0.1, 0.15) is 32.6 Å². The third-order valence-corrected chi connectivity index (χ3v) is 3.68. The smallest absolute Gasteiger partial charge is 0.229 e. The van der Waals surface area contributed by atoms with Gasteiger partial charge in [-0.25, -0.2) is 4.39 Å². The second kappa shape index (κ2) is 6.35. The summed E-state index contributed by atoms with van der Waals surface area (Å²) in [5.41, 5.74) is 6.35. The number of rotatable bonds is 2. The highest BCUT2D eigenvalue weighted by atomic mass is 35.5. The lowest BCUT2D eigenvalue weighted by Gasteiger charge is -2.37. The molecule has 0 aromatic heterocycles. The van der Waals surface area contributed by atoms with Crippen LogP contribution >= 0.6 is 12.4 Å². The van der Waals surface area contributed by atoms with Gasteiger partial charge in [0.15, 0.2) is 0 Å². The summed E-state index contributed by atoms with van der Waals surface area (Å²) >= 11 is 0. The van der Waals surface area contributed by atoms with Crippen molar-refractivity contribution in [1.82, 2.24) is 0 Å². The summed E-state index contributed by atoms with van der Waals surface area (Å²) < 4.78 is 12.8. The van der Waals surface area contributed by atoms with Crippen LogP contribution < -0.4 is 11.1 Å². The summed E-state index contributed by atoms with van der Waals surface area (Å²) in [5, 5.41) is 2.81. The number of anilines is 1. The zero-order chi connectivity index (χ0) is 13.2. The van der Waals surface area contributed by atoms with Gasteiger partial charge in [0.25, 0.3) is 0 Å². The minimum Gasteiger partial charge on any atom is -0.326 e. The number of amides is 1. The zero-order valence-electron chi connectivity index (χ0n) is 11.0. The summed E-state index contributed by atoms with van der Waals surface area (Å²) in [7, 11) is 0. The summed E-state index contributed by atoms with van der Waals surface area (Å²) in [5.74, 6) is -0.545. The highest BCUT2D eigenvalue weighted by molar-refractivity contribution is 5.93. The Balaban J connectivity index is 0.00000180. The van der Waals surface area contributed by atoms with Crippen molar-refractivity contribution in [2.24, 2.45) is 11.7 Å². The molecule has 1 saturated carbocycles. The maximum Gasteiger partial charge on any atom is 0.229 e. The van der Waals surface area contributed by atoms with Crippen molar-refractivity contribution in [3.63, 3.8) is 0 Å². The lowest BCUT2D eigenvalue weighted by molar-refractivity contribution is -0.122. The van der Waals surface area contributed by atoms with Gasteiger partial charge in [-0.2, -0.15) is 0 Å². The number of carbonyl (C=O) groups excluding carboxylic acids is 1. The van der Waals surface area contributed by atoms with Crippen LogP contribution in [0.2, 0.25) is 0 Å². The first-order chi connectivity index (χ1) is 8.49. The quantitative estimate of drug-likeness (QED) is 0.878. The van der Waals surface area contributed by atoms with Crippen molar-refractivity contribution in [3.05, 3.63) is 30.1 Å². The monoisotopic (exact) mass is 286 g/mol. The molecule has 0 radical (unpaired) electrons. The fraction of sp³-hybridized carbons (Fsp3) is 0.500. The van der Waals surface area contributed by atoms with E-state index in [9.17, 15) is 9.18 Å². The van der Waals surface area contributed by atoms with E-state index < -0.39 is 5.54 Å². The van der Waals surface area contributed by atoms with Crippen LogP contribution in [0.25, 0.3) is 0 Å². The van der Waals surface area contributed by atoms with Crippen LogP contribution in [-0.2, 0) is 4.79 Å². The maximum absolute atomic E-state index is 12.8. The minimum absolute atomic E-state index is 0. The molecular weight excluding hydrogens is 267 g/mol. The van der Waals surface area contributed by atoms with Crippen molar-refractivity contribution in [2.75, 3.05) is 5.32 Å². The summed E-state index contributed by atoms with van der Waals surface area (Å²) in [6.07, 6.45) is 3.80. The predicted molar refractivity (Wildman–Crippen MR) is 76.8 cm³/mol. The fourth-order valence-corrected chi connectivity index (χ4v) is 2.55. The standard InChI is InChI=1S/C14H19FN2O.ClH/c1-14(16)9-3-2-4-12(14)13(18)17-11-7-5-10(15)6-8-11;/h5-8,12H,2-4,9,16H2,1H3,(H,17,18);1H. The average molecular weight is 287 g/mol. The molecule has 2 rings (SSSR count).